The van der Waals surface area contributed by atoms with E-state index in [1.807, 2.05) is 36.5 Å². The quantitative estimate of drug-likeness (QED) is 0.369. The van der Waals surface area contributed by atoms with Crippen LogP contribution in [0.3, 0.4) is 0 Å². The van der Waals surface area contributed by atoms with Gasteiger partial charge in [0.25, 0.3) is 0 Å². The number of carbonyl (C=O) groups excluding carboxylic acids is 1. The van der Waals surface area contributed by atoms with E-state index < -0.39 is 0 Å². The molecule has 0 saturated heterocycles. The molecule has 0 aliphatic heterocycles. The second-order valence-electron chi connectivity index (χ2n) is 6.93. The number of carbonyl (C=O) groups is 1. The zero-order valence-electron chi connectivity index (χ0n) is 15.4. The van der Waals surface area contributed by atoms with Crippen LogP contribution in [-0.4, -0.2) is 5.78 Å². The fourth-order valence-corrected chi connectivity index (χ4v) is 3.43. The maximum Gasteiger partial charge on any atom is 0.227 e. The monoisotopic (exact) mass is 352 g/mol. The zero-order chi connectivity index (χ0) is 18.6. The van der Waals surface area contributed by atoms with Crippen LogP contribution < -0.4 is 4.57 Å². The number of fused-ring (bicyclic) bond motifs is 1. The van der Waals surface area contributed by atoms with Gasteiger partial charge in [0.1, 0.15) is 0 Å². The summed E-state index contributed by atoms with van der Waals surface area (Å²) in [6.45, 7) is 2.44. The van der Waals surface area contributed by atoms with Gasteiger partial charge >= 0.3 is 0 Å². The van der Waals surface area contributed by atoms with E-state index in [1.165, 1.54) is 27.6 Å². The summed E-state index contributed by atoms with van der Waals surface area (Å²) >= 11 is 0. The summed E-state index contributed by atoms with van der Waals surface area (Å²) in [7, 11) is 0. The predicted molar refractivity (Wildman–Crippen MR) is 109 cm³/mol. The van der Waals surface area contributed by atoms with Gasteiger partial charge in [-0.1, -0.05) is 78.4 Å². The van der Waals surface area contributed by atoms with Gasteiger partial charge in [0.05, 0.1) is 6.42 Å². The summed E-state index contributed by atoms with van der Waals surface area (Å²) in [5.41, 5.74) is 4.42. The van der Waals surface area contributed by atoms with Crippen LogP contribution in [0.5, 0.6) is 0 Å². The van der Waals surface area contributed by atoms with Gasteiger partial charge < -0.3 is 0 Å². The Kier molecular flexibility index (Phi) is 4.80. The van der Waals surface area contributed by atoms with E-state index in [-0.39, 0.29) is 5.78 Å². The third-order valence-electron chi connectivity index (χ3n) is 4.95. The molecule has 1 aromatic heterocycles. The summed E-state index contributed by atoms with van der Waals surface area (Å²) in [6, 6.07) is 28.6. The average molecular weight is 352 g/mol. The lowest BCUT2D eigenvalue weighted by atomic mass is 10.0. The summed E-state index contributed by atoms with van der Waals surface area (Å²) in [6.07, 6.45) is 2.83. The van der Waals surface area contributed by atoms with Gasteiger partial charge in [0.2, 0.25) is 12.3 Å². The molecule has 4 rings (SSSR count). The Balaban J connectivity index is 1.75. The molecule has 0 unspecified atom stereocenters. The van der Waals surface area contributed by atoms with Crippen molar-refractivity contribution >= 4 is 16.6 Å². The molecule has 0 fully saturated rings. The van der Waals surface area contributed by atoms with Crippen molar-refractivity contribution in [2.24, 2.45) is 0 Å². The first-order valence-electron chi connectivity index (χ1n) is 9.24. The first-order chi connectivity index (χ1) is 13.2. The standard InChI is InChI=1S/C25H22NO/c1-19-11-13-20(14-12-19)17-24-23-10-6-5-7-21(23)15-16-26(24)18-25(27)22-8-3-2-4-9-22/h2-16H,17-18H2,1H3/q+1. The molecule has 0 amide bonds. The molecule has 1 heterocycles. The molecule has 0 spiro atoms. The number of aryl methyl sites for hydroxylation is 1. The van der Waals surface area contributed by atoms with Gasteiger partial charge in [-0.3, -0.25) is 4.79 Å². The maximum absolute atomic E-state index is 12.8. The summed E-state index contributed by atoms with van der Waals surface area (Å²) < 4.78 is 2.09. The normalized spacial score (nSPS) is 10.9. The van der Waals surface area contributed by atoms with Crippen molar-refractivity contribution in [2.75, 3.05) is 0 Å². The van der Waals surface area contributed by atoms with Crippen molar-refractivity contribution in [2.45, 2.75) is 19.9 Å². The van der Waals surface area contributed by atoms with Crippen LogP contribution in [0.4, 0.5) is 0 Å². The highest BCUT2D eigenvalue weighted by molar-refractivity contribution is 5.95. The highest BCUT2D eigenvalue weighted by Gasteiger charge is 2.19. The van der Waals surface area contributed by atoms with Gasteiger partial charge in [-0.2, -0.15) is 4.57 Å². The fraction of sp³-hybridized carbons (Fsp3) is 0.120. The highest BCUT2D eigenvalue weighted by atomic mass is 16.1. The van der Waals surface area contributed by atoms with Crippen LogP contribution in [0, 0.1) is 6.92 Å². The van der Waals surface area contributed by atoms with Crippen molar-refractivity contribution < 1.29 is 9.36 Å². The Morgan fingerprint density at radius 2 is 1.52 bits per heavy atom. The average Bonchev–Trinajstić information content (AvgIpc) is 2.72. The fourth-order valence-electron chi connectivity index (χ4n) is 3.43. The van der Waals surface area contributed by atoms with Gasteiger partial charge in [0, 0.05) is 17.0 Å². The summed E-state index contributed by atoms with van der Waals surface area (Å²) in [4.78, 5) is 12.8. The summed E-state index contributed by atoms with van der Waals surface area (Å²) in [5.74, 6) is 0.126. The van der Waals surface area contributed by atoms with Crippen molar-refractivity contribution in [1.82, 2.24) is 0 Å². The number of hydrogen-bond acceptors (Lipinski definition) is 1. The molecule has 0 saturated carbocycles. The molecule has 0 N–H and O–H groups in total. The molecule has 132 valence electrons. The lowest BCUT2D eigenvalue weighted by Crippen LogP contribution is -2.42. The minimum atomic E-state index is 0.126. The molecule has 2 nitrogen and oxygen atoms in total. The number of hydrogen-bond donors (Lipinski definition) is 0. The third kappa shape index (κ3) is 3.80. The molecule has 0 aliphatic rings. The molecule has 0 aliphatic carbocycles. The zero-order valence-corrected chi connectivity index (χ0v) is 15.4. The van der Waals surface area contributed by atoms with Crippen LogP contribution in [0.2, 0.25) is 0 Å². The Hall–Kier alpha value is -3.26. The SMILES string of the molecule is Cc1ccc(Cc2c3ccccc3cc[n+]2CC(=O)c2ccccc2)cc1. The minimum absolute atomic E-state index is 0.126. The second-order valence-corrected chi connectivity index (χ2v) is 6.93. The van der Waals surface area contributed by atoms with Gasteiger partial charge in [-0.25, -0.2) is 0 Å². The van der Waals surface area contributed by atoms with Crippen LogP contribution in [-0.2, 0) is 13.0 Å². The van der Waals surface area contributed by atoms with E-state index in [9.17, 15) is 4.79 Å². The Morgan fingerprint density at radius 1 is 0.815 bits per heavy atom. The molecule has 0 bridgehead atoms. The van der Waals surface area contributed by atoms with E-state index in [0.717, 1.165) is 12.0 Å². The number of aromatic nitrogens is 1. The van der Waals surface area contributed by atoms with E-state index in [2.05, 4.69) is 66.1 Å². The molecule has 27 heavy (non-hydrogen) atoms. The van der Waals surface area contributed by atoms with Crippen LogP contribution in [0.25, 0.3) is 10.8 Å². The van der Waals surface area contributed by atoms with Crippen molar-refractivity contribution in [3.05, 3.63) is 114 Å². The first-order valence-corrected chi connectivity index (χ1v) is 9.24. The Labute approximate surface area is 159 Å². The van der Waals surface area contributed by atoms with Crippen molar-refractivity contribution in [1.29, 1.82) is 0 Å². The minimum Gasteiger partial charge on any atom is -0.287 e. The third-order valence-corrected chi connectivity index (χ3v) is 4.95. The molecule has 3 aromatic carbocycles. The van der Waals surface area contributed by atoms with E-state index in [1.54, 1.807) is 0 Å². The smallest absolute Gasteiger partial charge is 0.227 e. The lowest BCUT2D eigenvalue weighted by molar-refractivity contribution is -0.688. The van der Waals surface area contributed by atoms with Gasteiger partial charge in [-0.05, 0) is 23.9 Å². The van der Waals surface area contributed by atoms with Crippen LogP contribution in [0.15, 0.2) is 91.1 Å². The molecular weight excluding hydrogens is 330 g/mol. The predicted octanol–water partition coefficient (Wildman–Crippen LogP) is 4.91. The van der Waals surface area contributed by atoms with E-state index in [0.29, 0.717) is 6.54 Å². The van der Waals surface area contributed by atoms with Crippen molar-refractivity contribution in [3.63, 3.8) is 0 Å². The van der Waals surface area contributed by atoms with E-state index in [4.69, 9.17) is 0 Å². The largest absolute Gasteiger partial charge is 0.287 e. The Morgan fingerprint density at radius 3 is 2.30 bits per heavy atom. The number of benzene rings is 3. The number of ketones is 1. The Bertz CT molecular complexity index is 1080. The number of nitrogens with zero attached hydrogens (tertiary/aromatic N) is 1. The molecule has 0 atom stereocenters. The molecule has 4 aromatic rings. The molecule has 2 heteroatoms. The van der Waals surface area contributed by atoms with Crippen LogP contribution in [0.1, 0.15) is 27.2 Å². The van der Waals surface area contributed by atoms with Gasteiger partial charge in [-0.15, -0.1) is 0 Å². The molecule has 0 radical (unpaired) electrons. The van der Waals surface area contributed by atoms with Crippen LogP contribution >= 0.6 is 0 Å². The number of Topliss-reactive ketones (excluding diaryl/α,β-unsaturated/α-hetero) is 1. The molecular formula is C25H22NO+. The second kappa shape index (κ2) is 7.55. The van der Waals surface area contributed by atoms with Crippen molar-refractivity contribution in [3.8, 4) is 0 Å². The number of rotatable bonds is 5. The lowest BCUT2D eigenvalue weighted by Gasteiger charge is -2.08. The first kappa shape index (κ1) is 17.2. The topological polar surface area (TPSA) is 20.9 Å². The van der Waals surface area contributed by atoms with E-state index >= 15 is 0 Å². The number of pyridine rings is 1. The summed E-state index contributed by atoms with van der Waals surface area (Å²) in [5, 5.41) is 2.39. The maximum atomic E-state index is 12.8. The van der Waals surface area contributed by atoms with Gasteiger partial charge in [0.15, 0.2) is 11.9 Å². The highest BCUT2D eigenvalue weighted by Crippen LogP contribution is 2.19.